The molecular formula is C12H17BrN4O. The lowest BCUT2D eigenvalue weighted by molar-refractivity contribution is 0.527. The number of hydrogen-bond acceptors (Lipinski definition) is 4. The number of piperazine rings is 1. The van der Waals surface area contributed by atoms with Crippen LogP contribution < -0.4 is 15.8 Å². The third kappa shape index (κ3) is 2.44. The molecule has 1 aromatic rings. The first-order chi connectivity index (χ1) is 8.75. The van der Waals surface area contributed by atoms with Crippen molar-refractivity contribution in [2.75, 3.05) is 31.1 Å². The van der Waals surface area contributed by atoms with Gasteiger partial charge in [-0.05, 0) is 34.7 Å². The number of anilines is 1. The van der Waals surface area contributed by atoms with Gasteiger partial charge in [-0.2, -0.15) is 5.10 Å². The fraction of sp³-hybridized carbons (Fsp3) is 0.667. The van der Waals surface area contributed by atoms with Crippen molar-refractivity contribution in [2.24, 2.45) is 5.92 Å². The van der Waals surface area contributed by atoms with E-state index in [1.165, 1.54) is 12.8 Å². The van der Waals surface area contributed by atoms with Gasteiger partial charge in [-0.3, -0.25) is 4.79 Å². The van der Waals surface area contributed by atoms with E-state index in [9.17, 15) is 4.79 Å². The molecule has 0 unspecified atom stereocenters. The summed E-state index contributed by atoms with van der Waals surface area (Å²) in [6.45, 7) is 4.52. The number of rotatable bonds is 3. The molecule has 18 heavy (non-hydrogen) atoms. The summed E-state index contributed by atoms with van der Waals surface area (Å²) in [5.74, 6) is 0.659. The highest BCUT2D eigenvalue weighted by molar-refractivity contribution is 9.10. The number of hydrogen-bond donors (Lipinski definition) is 1. The fourth-order valence-corrected chi connectivity index (χ4v) is 2.82. The quantitative estimate of drug-likeness (QED) is 0.898. The molecule has 0 bridgehead atoms. The maximum Gasteiger partial charge on any atom is 0.283 e. The van der Waals surface area contributed by atoms with Gasteiger partial charge in [0.15, 0.2) is 0 Å². The summed E-state index contributed by atoms with van der Waals surface area (Å²) in [5, 5.41) is 7.61. The predicted octanol–water partition coefficient (Wildman–Crippen LogP) is 0.825. The number of halogens is 1. The van der Waals surface area contributed by atoms with E-state index in [4.69, 9.17) is 0 Å². The van der Waals surface area contributed by atoms with Gasteiger partial charge in [0, 0.05) is 32.7 Å². The Hall–Kier alpha value is -0.880. The molecule has 0 atom stereocenters. The summed E-state index contributed by atoms with van der Waals surface area (Å²) < 4.78 is 2.24. The van der Waals surface area contributed by atoms with Crippen LogP contribution in [0, 0.1) is 5.92 Å². The zero-order valence-corrected chi connectivity index (χ0v) is 11.8. The SMILES string of the molecule is O=c1c(Br)c(N2CCNCC2)cnn1CC1CC1. The first kappa shape index (κ1) is 12.2. The minimum atomic E-state index is -0.00191. The first-order valence-corrected chi connectivity index (χ1v) is 7.26. The van der Waals surface area contributed by atoms with Crippen molar-refractivity contribution in [1.82, 2.24) is 15.1 Å². The van der Waals surface area contributed by atoms with E-state index in [0.29, 0.717) is 10.4 Å². The minimum absolute atomic E-state index is 0.00191. The minimum Gasteiger partial charge on any atom is -0.367 e. The van der Waals surface area contributed by atoms with E-state index in [1.54, 1.807) is 4.68 Å². The highest BCUT2D eigenvalue weighted by atomic mass is 79.9. The van der Waals surface area contributed by atoms with Gasteiger partial charge in [0.25, 0.3) is 5.56 Å². The molecule has 0 amide bonds. The van der Waals surface area contributed by atoms with Crippen LogP contribution in [0.1, 0.15) is 12.8 Å². The van der Waals surface area contributed by atoms with Crippen molar-refractivity contribution in [3.8, 4) is 0 Å². The smallest absolute Gasteiger partial charge is 0.283 e. The van der Waals surface area contributed by atoms with Crippen molar-refractivity contribution < 1.29 is 0 Å². The van der Waals surface area contributed by atoms with Crippen LogP contribution in [0.4, 0.5) is 5.69 Å². The van der Waals surface area contributed by atoms with Crippen LogP contribution in [0.15, 0.2) is 15.5 Å². The second kappa shape index (κ2) is 5.01. The maximum atomic E-state index is 12.2. The van der Waals surface area contributed by atoms with Gasteiger partial charge in [0.1, 0.15) is 4.47 Å². The average Bonchev–Trinajstić information content (AvgIpc) is 3.20. The molecule has 5 nitrogen and oxygen atoms in total. The van der Waals surface area contributed by atoms with Gasteiger partial charge in [0.2, 0.25) is 0 Å². The molecule has 6 heteroatoms. The Bertz CT molecular complexity index is 491. The van der Waals surface area contributed by atoms with Gasteiger partial charge in [-0.15, -0.1) is 0 Å². The predicted molar refractivity (Wildman–Crippen MR) is 74.0 cm³/mol. The van der Waals surface area contributed by atoms with Crippen LogP contribution in [0.2, 0.25) is 0 Å². The molecule has 1 saturated heterocycles. The standard InChI is InChI=1S/C12H17BrN4O/c13-11-10(16-5-3-14-4-6-16)7-15-17(12(11)18)8-9-1-2-9/h7,9,14H,1-6,8H2. The average molecular weight is 313 g/mol. The summed E-state index contributed by atoms with van der Waals surface area (Å²) in [4.78, 5) is 14.4. The Kier molecular flexibility index (Phi) is 3.39. The van der Waals surface area contributed by atoms with E-state index in [1.807, 2.05) is 6.20 Å². The zero-order chi connectivity index (χ0) is 12.5. The Labute approximate surface area is 114 Å². The summed E-state index contributed by atoms with van der Waals surface area (Å²) in [5.41, 5.74) is 0.923. The molecule has 1 aromatic heterocycles. The summed E-state index contributed by atoms with van der Waals surface area (Å²) in [6.07, 6.45) is 4.27. The van der Waals surface area contributed by atoms with Gasteiger partial charge in [-0.1, -0.05) is 0 Å². The Balaban J connectivity index is 1.86. The topological polar surface area (TPSA) is 50.2 Å². The second-order valence-corrected chi connectivity index (χ2v) is 5.80. The van der Waals surface area contributed by atoms with Crippen LogP contribution in [-0.4, -0.2) is 36.0 Å². The maximum absolute atomic E-state index is 12.2. The van der Waals surface area contributed by atoms with Gasteiger partial charge >= 0.3 is 0 Å². The van der Waals surface area contributed by atoms with Crippen LogP contribution in [-0.2, 0) is 6.54 Å². The molecule has 1 aliphatic heterocycles. The molecule has 98 valence electrons. The first-order valence-electron chi connectivity index (χ1n) is 6.47. The molecule has 0 radical (unpaired) electrons. The summed E-state index contributed by atoms with van der Waals surface area (Å²) >= 11 is 3.44. The molecule has 2 aliphatic rings. The van der Waals surface area contributed by atoms with E-state index in [0.717, 1.165) is 38.4 Å². The van der Waals surface area contributed by atoms with Crippen LogP contribution in [0.3, 0.4) is 0 Å². The third-order valence-electron chi connectivity index (χ3n) is 3.55. The molecule has 2 heterocycles. The summed E-state index contributed by atoms with van der Waals surface area (Å²) in [6, 6.07) is 0. The van der Waals surface area contributed by atoms with Crippen LogP contribution >= 0.6 is 15.9 Å². The van der Waals surface area contributed by atoms with Crippen molar-refractivity contribution in [3.05, 3.63) is 21.0 Å². The number of aromatic nitrogens is 2. The molecule has 1 N–H and O–H groups in total. The van der Waals surface area contributed by atoms with Gasteiger partial charge < -0.3 is 10.2 Å². The van der Waals surface area contributed by atoms with Crippen molar-refractivity contribution in [2.45, 2.75) is 19.4 Å². The monoisotopic (exact) mass is 312 g/mol. The van der Waals surface area contributed by atoms with E-state index < -0.39 is 0 Å². The molecule has 0 spiro atoms. The zero-order valence-electron chi connectivity index (χ0n) is 10.2. The Morgan fingerprint density at radius 1 is 1.39 bits per heavy atom. The highest BCUT2D eigenvalue weighted by Crippen LogP contribution is 2.30. The van der Waals surface area contributed by atoms with Crippen molar-refractivity contribution in [3.63, 3.8) is 0 Å². The lowest BCUT2D eigenvalue weighted by Gasteiger charge is -2.29. The normalized spacial score (nSPS) is 20.2. The second-order valence-electron chi connectivity index (χ2n) is 5.01. The molecule has 3 rings (SSSR count). The molecule has 1 saturated carbocycles. The largest absolute Gasteiger partial charge is 0.367 e. The van der Waals surface area contributed by atoms with E-state index in [-0.39, 0.29) is 5.56 Å². The molecular weight excluding hydrogens is 296 g/mol. The molecule has 0 aromatic carbocycles. The van der Waals surface area contributed by atoms with E-state index >= 15 is 0 Å². The Morgan fingerprint density at radius 2 is 2.11 bits per heavy atom. The number of nitrogens with zero attached hydrogens (tertiary/aromatic N) is 3. The lowest BCUT2D eigenvalue weighted by Crippen LogP contribution is -2.44. The van der Waals surface area contributed by atoms with Gasteiger partial charge in [-0.25, -0.2) is 4.68 Å². The van der Waals surface area contributed by atoms with Crippen molar-refractivity contribution >= 4 is 21.6 Å². The van der Waals surface area contributed by atoms with Crippen molar-refractivity contribution in [1.29, 1.82) is 0 Å². The van der Waals surface area contributed by atoms with Crippen LogP contribution in [0.25, 0.3) is 0 Å². The molecule has 1 aliphatic carbocycles. The van der Waals surface area contributed by atoms with Crippen LogP contribution in [0.5, 0.6) is 0 Å². The third-order valence-corrected chi connectivity index (χ3v) is 4.30. The molecule has 2 fully saturated rings. The fourth-order valence-electron chi connectivity index (χ4n) is 2.26. The summed E-state index contributed by atoms with van der Waals surface area (Å²) in [7, 11) is 0. The van der Waals surface area contributed by atoms with E-state index in [2.05, 4.69) is 31.2 Å². The lowest BCUT2D eigenvalue weighted by atomic mass is 10.3. The number of nitrogens with one attached hydrogen (secondary N) is 1. The Morgan fingerprint density at radius 3 is 2.78 bits per heavy atom. The highest BCUT2D eigenvalue weighted by Gasteiger charge is 2.24. The van der Waals surface area contributed by atoms with Gasteiger partial charge in [0.05, 0.1) is 11.9 Å².